The number of rotatable bonds is 12. The maximum atomic E-state index is 5.93. The Morgan fingerprint density at radius 1 is 0.960 bits per heavy atom. The highest BCUT2D eigenvalue weighted by Crippen LogP contribution is 2.32. The summed E-state index contributed by atoms with van der Waals surface area (Å²) in [6.07, 6.45) is 12.8. The van der Waals surface area contributed by atoms with Gasteiger partial charge in [-0.3, -0.25) is 0 Å². The summed E-state index contributed by atoms with van der Waals surface area (Å²) in [5, 5.41) is 0. The van der Waals surface area contributed by atoms with Crippen molar-refractivity contribution in [3.63, 3.8) is 0 Å². The molecule has 0 atom stereocenters. The van der Waals surface area contributed by atoms with E-state index >= 15 is 0 Å². The van der Waals surface area contributed by atoms with Gasteiger partial charge in [-0.05, 0) is 31.5 Å². The minimum absolute atomic E-state index is 0.743. The van der Waals surface area contributed by atoms with E-state index in [4.69, 9.17) is 9.47 Å². The van der Waals surface area contributed by atoms with Crippen molar-refractivity contribution in [2.75, 3.05) is 13.7 Å². The topological polar surface area (TPSA) is 36.3 Å². The average molecular weight is 344 g/mol. The standard InChI is InChI=1S/C21H32N2O2/c1-4-6-7-8-9-10-11-16-25-19-13-12-18(17-20(19)24-3)21-22-14-15-23(21)5-2/h12-15,17H,4-11,16H2,1-3H3. The molecule has 2 aromatic rings. The summed E-state index contributed by atoms with van der Waals surface area (Å²) in [6.45, 7) is 6.01. The lowest BCUT2D eigenvalue weighted by Gasteiger charge is -2.12. The number of imidazole rings is 1. The summed E-state index contributed by atoms with van der Waals surface area (Å²) < 4.78 is 13.6. The fourth-order valence-electron chi connectivity index (χ4n) is 2.99. The van der Waals surface area contributed by atoms with E-state index in [0.717, 1.165) is 42.5 Å². The molecule has 0 aliphatic rings. The molecular weight excluding hydrogens is 312 g/mol. The van der Waals surface area contributed by atoms with Crippen molar-refractivity contribution in [1.82, 2.24) is 9.55 Å². The summed E-state index contributed by atoms with van der Waals surface area (Å²) in [6, 6.07) is 6.05. The molecule has 1 heterocycles. The molecular formula is C21H32N2O2. The molecule has 4 heteroatoms. The number of aromatic nitrogens is 2. The van der Waals surface area contributed by atoms with Crippen LogP contribution < -0.4 is 9.47 Å². The highest BCUT2D eigenvalue weighted by Gasteiger charge is 2.10. The number of methoxy groups -OCH3 is 1. The minimum atomic E-state index is 0.743. The van der Waals surface area contributed by atoms with Crippen molar-refractivity contribution in [3.8, 4) is 22.9 Å². The van der Waals surface area contributed by atoms with Crippen LogP contribution >= 0.6 is 0 Å². The smallest absolute Gasteiger partial charge is 0.161 e. The number of unbranched alkanes of at least 4 members (excludes halogenated alkanes) is 6. The first-order chi connectivity index (χ1) is 12.3. The molecule has 0 saturated heterocycles. The number of hydrogen-bond acceptors (Lipinski definition) is 3. The van der Waals surface area contributed by atoms with E-state index in [9.17, 15) is 0 Å². The SMILES string of the molecule is CCCCCCCCCOc1ccc(-c2nccn2CC)cc1OC. The Kier molecular flexibility index (Phi) is 8.36. The number of aryl methyl sites for hydroxylation is 1. The Balaban J connectivity index is 1.85. The van der Waals surface area contributed by atoms with Gasteiger partial charge in [0.2, 0.25) is 0 Å². The third-order valence-corrected chi connectivity index (χ3v) is 4.48. The van der Waals surface area contributed by atoms with Gasteiger partial charge in [0, 0.05) is 24.5 Å². The number of nitrogens with zero attached hydrogens (tertiary/aromatic N) is 2. The Bertz CT molecular complexity index is 622. The first-order valence-corrected chi connectivity index (χ1v) is 9.62. The van der Waals surface area contributed by atoms with Crippen molar-refractivity contribution in [3.05, 3.63) is 30.6 Å². The van der Waals surface area contributed by atoms with Gasteiger partial charge < -0.3 is 14.0 Å². The lowest BCUT2D eigenvalue weighted by Crippen LogP contribution is -2.01. The quantitative estimate of drug-likeness (QED) is 0.463. The largest absolute Gasteiger partial charge is 0.493 e. The molecule has 0 fully saturated rings. The third kappa shape index (κ3) is 5.80. The summed E-state index contributed by atoms with van der Waals surface area (Å²) in [4.78, 5) is 4.45. The van der Waals surface area contributed by atoms with Crippen molar-refractivity contribution >= 4 is 0 Å². The van der Waals surface area contributed by atoms with Crippen LogP contribution in [0, 0.1) is 0 Å². The second-order valence-corrected chi connectivity index (χ2v) is 6.37. The van der Waals surface area contributed by atoms with Gasteiger partial charge in [0.15, 0.2) is 11.5 Å². The van der Waals surface area contributed by atoms with E-state index in [1.165, 1.54) is 38.5 Å². The van der Waals surface area contributed by atoms with Crippen LogP contribution in [0.5, 0.6) is 11.5 Å². The van der Waals surface area contributed by atoms with Gasteiger partial charge in [-0.2, -0.15) is 0 Å². The molecule has 0 spiro atoms. The van der Waals surface area contributed by atoms with Crippen LogP contribution in [-0.2, 0) is 6.54 Å². The van der Waals surface area contributed by atoms with E-state index in [1.54, 1.807) is 7.11 Å². The average Bonchev–Trinajstić information content (AvgIpc) is 3.12. The summed E-state index contributed by atoms with van der Waals surface area (Å²) in [5.74, 6) is 2.54. The molecule has 0 aliphatic heterocycles. The molecule has 0 unspecified atom stereocenters. The fourth-order valence-corrected chi connectivity index (χ4v) is 2.99. The van der Waals surface area contributed by atoms with Crippen LogP contribution in [0.1, 0.15) is 58.8 Å². The van der Waals surface area contributed by atoms with Gasteiger partial charge in [0.1, 0.15) is 5.82 Å². The second kappa shape index (κ2) is 10.8. The van der Waals surface area contributed by atoms with Crippen LogP contribution in [0.15, 0.2) is 30.6 Å². The monoisotopic (exact) mass is 344 g/mol. The number of ether oxygens (including phenoxy) is 2. The predicted octanol–water partition coefficient (Wildman–Crippen LogP) is 5.71. The summed E-state index contributed by atoms with van der Waals surface area (Å²) in [7, 11) is 1.69. The molecule has 138 valence electrons. The third-order valence-electron chi connectivity index (χ3n) is 4.48. The lowest BCUT2D eigenvalue weighted by molar-refractivity contribution is 0.284. The van der Waals surface area contributed by atoms with E-state index in [-0.39, 0.29) is 0 Å². The Morgan fingerprint density at radius 3 is 2.44 bits per heavy atom. The molecule has 25 heavy (non-hydrogen) atoms. The zero-order valence-corrected chi connectivity index (χ0v) is 16.0. The molecule has 0 radical (unpaired) electrons. The predicted molar refractivity (Wildman–Crippen MR) is 103 cm³/mol. The summed E-state index contributed by atoms with van der Waals surface area (Å²) in [5.41, 5.74) is 1.05. The van der Waals surface area contributed by atoms with Crippen molar-refractivity contribution in [1.29, 1.82) is 0 Å². The lowest BCUT2D eigenvalue weighted by atomic mass is 10.1. The van der Waals surface area contributed by atoms with Crippen LogP contribution in [0.4, 0.5) is 0 Å². The molecule has 4 nitrogen and oxygen atoms in total. The molecule has 2 rings (SSSR count). The first-order valence-electron chi connectivity index (χ1n) is 9.62. The molecule has 1 aromatic carbocycles. The minimum Gasteiger partial charge on any atom is -0.493 e. The highest BCUT2D eigenvalue weighted by molar-refractivity contribution is 5.61. The van der Waals surface area contributed by atoms with Crippen molar-refractivity contribution in [2.45, 2.75) is 65.3 Å². The maximum absolute atomic E-state index is 5.93. The van der Waals surface area contributed by atoms with Crippen LogP contribution in [0.3, 0.4) is 0 Å². The van der Waals surface area contributed by atoms with Gasteiger partial charge in [0.25, 0.3) is 0 Å². The van der Waals surface area contributed by atoms with E-state index in [0.29, 0.717) is 0 Å². The fraction of sp³-hybridized carbons (Fsp3) is 0.571. The molecule has 0 saturated carbocycles. The normalized spacial score (nSPS) is 10.8. The van der Waals surface area contributed by atoms with E-state index in [2.05, 4.69) is 29.5 Å². The Morgan fingerprint density at radius 2 is 1.72 bits per heavy atom. The molecule has 0 N–H and O–H groups in total. The number of benzene rings is 1. The first kappa shape index (κ1) is 19.4. The summed E-state index contributed by atoms with van der Waals surface area (Å²) >= 11 is 0. The molecule has 0 amide bonds. The highest BCUT2D eigenvalue weighted by atomic mass is 16.5. The van der Waals surface area contributed by atoms with E-state index < -0.39 is 0 Å². The molecule has 0 aliphatic carbocycles. The second-order valence-electron chi connectivity index (χ2n) is 6.37. The van der Waals surface area contributed by atoms with Crippen molar-refractivity contribution in [2.24, 2.45) is 0 Å². The zero-order chi connectivity index (χ0) is 17.9. The number of hydrogen-bond donors (Lipinski definition) is 0. The molecule has 1 aromatic heterocycles. The van der Waals surface area contributed by atoms with Crippen LogP contribution in [-0.4, -0.2) is 23.3 Å². The van der Waals surface area contributed by atoms with Gasteiger partial charge in [-0.15, -0.1) is 0 Å². The van der Waals surface area contributed by atoms with Gasteiger partial charge >= 0.3 is 0 Å². The van der Waals surface area contributed by atoms with E-state index in [1.807, 2.05) is 24.5 Å². The zero-order valence-electron chi connectivity index (χ0n) is 16.0. The van der Waals surface area contributed by atoms with Crippen LogP contribution in [0.2, 0.25) is 0 Å². The van der Waals surface area contributed by atoms with Crippen molar-refractivity contribution < 1.29 is 9.47 Å². The van der Waals surface area contributed by atoms with Gasteiger partial charge in [-0.1, -0.05) is 45.4 Å². The van der Waals surface area contributed by atoms with Gasteiger partial charge in [-0.25, -0.2) is 4.98 Å². The Labute approximate surface area is 152 Å². The van der Waals surface area contributed by atoms with Gasteiger partial charge in [0.05, 0.1) is 13.7 Å². The Hall–Kier alpha value is -1.97. The van der Waals surface area contributed by atoms with Crippen LogP contribution in [0.25, 0.3) is 11.4 Å². The molecule has 0 bridgehead atoms. The maximum Gasteiger partial charge on any atom is 0.161 e.